The third-order valence-electron chi connectivity index (χ3n) is 3.47. The van der Waals surface area contributed by atoms with E-state index in [0.717, 1.165) is 11.3 Å². The molecule has 0 saturated carbocycles. The van der Waals surface area contributed by atoms with Gasteiger partial charge in [-0.1, -0.05) is 19.1 Å². The molecule has 0 aliphatic rings. The van der Waals surface area contributed by atoms with Crippen molar-refractivity contribution in [1.29, 1.82) is 0 Å². The summed E-state index contributed by atoms with van der Waals surface area (Å²) in [5.74, 6) is 0.277. The molecular weight excluding hydrogens is 268 g/mol. The van der Waals surface area contributed by atoms with Crippen LogP contribution in [-0.2, 0) is 14.3 Å². The van der Waals surface area contributed by atoms with Crippen LogP contribution < -0.4 is 5.73 Å². The SMILES string of the molecule is COCCN(CCOC)C(=O)CC(C)c1ccc(N)cc1. The first kappa shape index (κ1) is 17.5. The number of hydrogen-bond acceptors (Lipinski definition) is 4. The van der Waals surface area contributed by atoms with E-state index < -0.39 is 0 Å². The first-order chi connectivity index (χ1) is 10.1. The number of amides is 1. The predicted molar refractivity (Wildman–Crippen MR) is 84.2 cm³/mol. The fourth-order valence-electron chi connectivity index (χ4n) is 2.10. The van der Waals surface area contributed by atoms with Crippen LogP contribution in [0.5, 0.6) is 0 Å². The summed E-state index contributed by atoms with van der Waals surface area (Å²) in [7, 11) is 3.27. The van der Waals surface area contributed by atoms with Gasteiger partial charge in [0.2, 0.25) is 5.91 Å². The van der Waals surface area contributed by atoms with E-state index >= 15 is 0 Å². The summed E-state index contributed by atoms with van der Waals surface area (Å²) in [5, 5.41) is 0. The van der Waals surface area contributed by atoms with Gasteiger partial charge in [0.05, 0.1) is 13.2 Å². The number of nitrogens with zero attached hydrogens (tertiary/aromatic N) is 1. The molecule has 0 saturated heterocycles. The van der Waals surface area contributed by atoms with Crippen molar-refractivity contribution in [2.75, 3.05) is 46.3 Å². The fourth-order valence-corrected chi connectivity index (χ4v) is 2.10. The summed E-state index contributed by atoms with van der Waals surface area (Å²) >= 11 is 0. The minimum Gasteiger partial charge on any atom is -0.399 e. The molecule has 0 aromatic heterocycles. The quantitative estimate of drug-likeness (QED) is 0.706. The van der Waals surface area contributed by atoms with Gasteiger partial charge in [0.25, 0.3) is 0 Å². The first-order valence-electron chi connectivity index (χ1n) is 7.19. The Morgan fingerprint density at radius 3 is 2.14 bits per heavy atom. The van der Waals surface area contributed by atoms with Gasteiger partial charge in [-0.3, -0.25) is 4.79 Å². The van der Waals surface area contributed by atoms with Crippen LogP contribution >= 0.6 is 0 Å². The van der Waals surface area contributed by atoms with E-state index in [1.807, 2.05) is 31.2 Å². The Balaban J connectivity index is 2.59. The van der Waals surface area contributed by atoms with Crippen LogP contribution in [0.25, 0.3) is 0 Å². The highest BCUT2D eigenvalue weighted by Crippen LogP contribution is 2.21. The first-order valence-corrected chi connectivity index (χ1v) is 7.19. The molecule has 1 rings (SSSR count). The monoisotopic (exact) mass is 294 g/mol. The number of nitrogen functional groups attached to an aromatic ring is 1. The molecule has 1 unspecified atom stereocenters. The van der Waals surface area contributed by atoms with Gasteiger partial charge >= 0.3 is 0 Å². The molecule has 0 fully saturated rings. The maximum absolute atomic E-state index is 12.4. The van der Waals surface area contributed by atoms with Gasteiger partial charge < -0.3 is 20.1 Å². The van der Waals surface area contributed by atoms with Crippen LogP contribution in [-0.4, -0.2) is 51.3 Å². The molecular formula is C16H26N2O3. The van der Waals surface area contributed by atoms with Crippen LogP contribution in [0.3, 0.4) is 0 Å². The van der Waals surface area contributed by atoms with Crippen LogP contribution in [0.15, 0.2) is 24.3 Å². The Morgan fingerprint density at radius 2 is 1.67 bits per heavy atom. The van der Waals surface area contributed by atoms with Gasteiger partial charge in [0, 0.05) is 39.4 Å². The zero-order valence-corrected chi connectivity index (χ0v) is 13.2. The number of benzene rings is 1. The van der Waals surface area contributed by atoms with Crippen LogP contribution in [0.2, 0.25) is 0 Å². The molecule has 5 nitrogen and oxygen atoms in total. The largest absolute Gasteiger partial charge is 0.399 e. The standard InChI is InChI=1S/C16H26N2O3/c1-13(14-4-6-15(17)7-5-14)12-16(19)18(8-10-20-2)9-11-21-3/h4-7,13H,8-12,17H2,1-3H3. The van der Waals surface area contributed by atoms with Gasteiger partial charge in [-0.05, 0) is 23.6 Å². The second-order valence-electron chi connectivity index (χ2n) is 5.14. The highest BCUT2D eigenvalue weighted by molar-refractivity contribution is 5.77. The maximum Gasteiger partial charge on any atom is 0.223 e. The van der Waals surface area contributed by atoms with E-state index in [1.54, 1.807) is 19.1 Å². The zero-order valence-electron chi connectivity index (χ0n) is 13.2. The van der Waals surface area contributed by atoms with E-state index in [9.17, 15) is 4.79 Å². The molecule has 1 aromatic rings. The number of methoxy groups -OCH3 is 2. The lowest BCUT2D eigenvalue weighted by molar-refractivity contribution is -0.132. The second kappa shape index (κ2) is 9.37. The summed E-state index contributed by atoms with van der Waals surface area (Å²) in [6, 6.07) is 7.68. The van der Waals surface area contributed by atoms with Gasteiger partial charge in [0.1, 0.15) is 0 Å². The lowest BCUT2D eigenvalue weighted by Gasteiger charge is -2.24. The number of carbonyl (C=O) groups is 1. The number of anilines is 1. The number of rotatable bonds is 9. The van der Waals surface area contributed by atoms with Crippen molar-refractivity contribution in [3.05, 3.63) is 29.8 Å². The Kier molecular flexibility index (Phi) is 7.79. The highest BCUT2D eigenvalue weighted by Gasteiger charge is 2.17. The minimum absolute atomic E-state index is 0.119. The van der Waals surface area contributed by atoms with Crippen LogP contribution in [0.4, 0.5) is 5.69 Å². The highest BCUT2D eigenvalue weighted by atomic mass is 16.5. The van der Waals surface area contributed by atoms with E-state index in [2.05, 4.69) is 0 Å². The van der Waals surface area contributed by atoms with Crippen molar-refractivity contribution >= 4 is 11.6 Å². The van der Waals surface area contributed by atoms with Gasteiger partial charge in [-0.2, -0.15) is 0 Å². The summed E-state index contributed by atoms with van der Waals surface area (Å²) in [4.78, 5) is 14.2. The Hall–Kier alpha value is -1.59. The van der Waals surface area contributed by atoms with Crippen LogP contribution in [0.1, 0.15) is 24.8 Å². The van der Waals surface area contributed by atoms with E-state index in [0.29, 0.717) is 32.7 Å². The van der Waals surface area contributed by atoms with Gasteiger partial charge in [-0.15, -0.1) is 0 Å². The molecule has 0 bridgehead atoms. The average Bonchev–Trinajstić information content (AvgIpc) is 2.47. The number of nitrogens with two attached hydrogens (primary N) is 1. The van der Waals surface area contributed by atoms with E-state index in [4.69, 9.17) is 15.2 Å². The summed E-state index contributed by atoms with van der Waals surface area (Å²) in [5.41, 5.74) is 7.54. The molecule has 0 radical (unpaired) electrons. The molecule has 0 aliphatic heterocycles. The van der Waals surface area contributed by atoms with Gasteiger partial charge in [-0.25, -0.2) is 0 Å². The average molecular weight is 294 g/mol. The molecule has 2 N–H and O–H groups in total. The van der Waals surface area contributed by atoms with Crippen molar-refractivity contribution < 1.29 is 14.3 Å². The van der Waals surface area contributed by atoms with Crippen molar-refractivity contribution in [1.82, 2.24) is 4.90 Å². The maximum atomic E-state index is 12.4. The molecule has 0 heterocycles. The molecule has 0 spiro atoms. The van der Waals surface area contributed by atoms with Crippen molar-refractivity contribution in [3.8, 4) is 0 Å². The topological polar surface area (TPSA) is 64.8 Å². The van der Waals surface area contributed by atoms with Crippen molar-refractivity contribution in [2.45, 2.75) is 19.3 Å². The Labute approximate surface area is 127 Å². The van der Waals surface area contributed by atoms with Crippen LogP contribution in [0, 0.1) is 0 Å². The third kappa shape index (κ3) is 6.14. The Bertz CT molecular complexity index is 412. The summed E-state index contributed by atoms with van der Waals surface area (Å²) in [6.07, 6.45) is 0.470. The lowest BCUT2D eigenvalue weighted by Crippen LogP contribution is -2.37. The predicted octanol–water partition coefficient (Wildman–Crippen LogP) is 1.88. The second-order valence-corrected chi connectivity index (χ2v) is 5.14. The summed E-state index contributed by atoms with van der Waals surface area (Å²) in [6.45, 7) is 4.30. The van der Waals surface area contributed by atoms with E-state index in [-0.39, 0.29) is 11.8 Å². The number of carbonyl (C=O) groups excluding carboxylic acids is 1. The number of hydrogen-bond donors (Lipinski definition) is 1. The molecule has 118 valence electrons. The molecule has 1 atom stereocenters. The molecule has 0 aliphatic carbocycles. The lowest BCUT2D eigenvalue weighted by atomic mass is 9.97. The third-order valence-corrected chi connectivity index (χ3v) is 3.47. The molecule has 5 heteroatoms. The van der Waals surface area contributed by atoms with Crippen molar-refractivity contribution in [2.24, 2.45) is 0 Å². The minimum atomic E-state index is 0.119. The molecule has 1 amide bonds. The molecule has 1 aromatic carbocycles. The Morgan fingerprint density at radius 1 is 1.14 bits per heavy atom. The van der Waals surface area contributed by atoms with E-state index in [1.165, 1.54) is 0 Å². The normalized spacial score (nSPS) is 12.1. The molecule has 21 heavy (non-hydrogen) atoms. The fraction of sp³-hybridized carbons (Fsp3) is 0.562. The van der Waals surface area contributed by atoms with Crippen molar-refractivity contribution in [3.63, 3.8) is 0 Å². The summed E-state index contributed by atoms with van der Waals surface area (Å²) < 4.78 is 10.1. The van der Waals surface area contributed by atoms with Gasteiger partial charge in [0.15, 0.2) is 0 Å². The zero-order chi connectivity index (χ0) is 15.7. The number of ether oxygens (including phenoxy) is 2. The smallest absolute Gasteiger partial charge is 0.223 e.